The van der Waals surface area contributed by atoms with Gasteiger partial charge in [-0.3, -0.25) is 0 Å². The van der Waals surface area contributed by atoms with Gasteiger partial charge in [-0.2, -0.15) is 0 Å². The van der Waals surface area contributed by atoms with Gasteiger partial charge in [0.1, 0.15) is 18.0 Å². The van der Waals surface area contributed by atoms with Gasteiger partial charge in [-0.1, -0.05) is 46.8 Å². The summed E-state index contributed by atoms with van der Waals surface area (Å²) in [6.45, 7) is 14.2. The van der Waals surface area contributed by atoms with Crippen molar-refractivity contribution in [2.45, 2.75) is 59.0 Å². The van der Waals surface area contributed by atoms with Crippen molar-refractivity contribution in [2.75, 3.05) is 19.7 Å². The summed E-state index contributed by atoms with van der Waals surface area (Å²) in [4.78, 5) is 0. The number of likely N-dealkylation sites (N-methyl/N-ethyl adjacent to an activating group) is 1. The Morgan fingerprint density at radius 3 is 2.33 bits per heavy atom. The third-order valence-corrected chi connectivity index (χ3v) is 3.55. The van der Waals surface area contributed by atoms with E-state index in [-0.39, 0.29) is 12.0 Å². The number of hydrogen-bond donors (Lipinski definition) is 2. The summed E-state index contributed by atoms with van der Waals surface area (Å²) in [5, 5.41) is 13.5. The van der Waals surface area contributed by atoms with Crippen molar-refractivity contribution in [1.82, 2.24) is 5.32 Å². The van der Waals surface area contributed by atoms with E-state index >= 15 is 0 Å². The molecule has 3 heteroatoms. The summed E-state index contributed by atoms with van der Waals surface area (Å²) in [5.41, 5.74) is 1.66. The highest BCUT2D eigenvalue weighted by atomic mass is 16.5. The molecule has 0 heterocycles. The zero-order valence-electron chi connectivity index (χ0n) is 14.4. The molecule has 0 saturated carbocycles. The summed E-state index contributed by atoms with van der Waals surface area (Å²) in [7, 11) is 0. The van der Waals surface area contributed by atoms with E-state index in [1.54, 1.807) is 6.92 Å². The lowest BCUT2D eigenvalue weighted by Gasteiger charge is -2.27. The lowest BCUT2D eigenvalue weighted by Crippen LogP contribution is -2.43. The molecule has 0 aliphatic heterocycles. The molecule has 2 N–H and O–H groups in total. The first-order valence-corrected chi connectivity index (χ1v) is 7.89. The van der Waals surface area contributed by atoms with E-state index in [4.69, 9.17) is 4.74 Å². The third kappa shape index (κ3) is 5.68. The van der Waals surface area contributed by atoms with Gasteiger partial charge in [-0.25, -0.2) is 0 Å². The fourth-order valence-corrected chi connectivity index (χ4v) is 2.19. The maximum absolute atomic E-state index is 10.3. The molecule has 21 heavy (non-hydrogen) atoms. The Balaban J connectivity index is 2.88. The highest BCUT2D eigenvalue weighted by Gasteiger charge is 2.24. The molecule has 0 aromatic heterocycles. The SMILES string of the molecule is CCNCC(C)(O)COc1ccc(CC)cc1C(C)(C)C. The maximum atomic E-state index is 10.3. The summed E-state index contributed by atoms with van der Waals surface area (Å²) in [5.74, 6) is 0.872. The molecule has 0 aliphatic carbocycles. The molecule has 1 atom stereocenters. The minimum absolute atomic E-state index is 0.0219. The van der Waals surface area contributed by atoms with Crippen LogP contribution in [-0.4, -0.2) is 30.4 Å². The van der Waals surface area contributed by atoms with Crippen molar-refractivity contribution in [1.29, 1.82) is 0 Å². The van der Waals surface area contributed by atoms with Crippen LogP contribution in [0.4, 0.5) is 0 Å². The van der Waals surface area contributed by atoms with Crippen LogP contribution in [0.25, 0.3) is 0 Å². The van der Waals surface area contributed by atoms with Crippen LogP contribution < -0.4 is 10.1 Å². The van der Waals surface area contributed by atoms with E-state index in [0.717, 1.165) is 18.7 Å². The van der Waals surface area contributed by atoms with Crippen molar-refractivity contribution in [2.24, 2.45) is 0 Å². The monoisotopic (exact) mass is 293 g/mol. The Kier molecular flexibility index (Phi) is 6.24. The van der Waals surface area contributed by atoms with Crippen molar-refractivity contribution < 1.29 is 9.84 Å². The highest BCUT2D eigenvalue weighted by molar-refractivity contribution is 5.41. The Morgan fingerprint density at radius 2 is 1.81 bits per heavy atom. The van der Waals surface area contributed by atoms with Crippen LogP contribution in [0.15, 0.2) is 18.2 Å². The fourth-order valence-electron chi connectivity index (χ4n) is 2.19. The summed E-state index contributed by atoms with van der Waals surface area (Å²) >= 11 is 0. The van der Waals surface area contributed by atoms with Gasteiger partial charge in [0.05, 0.1) is 0 Å². The van der Waals surface area contributed by atoms with E-state index in [1.165, 1.54) is 11.1 Å². The van der Waals surface area contributed by atoms with Crippen LogP contribution in [-0.2, 0) is 11.8 Å². The number of hydrogen-bond acceptors (Lipinski definition) is 3. The number of aliphatic hydroxyl groups is 1. The summed E-state index contributed by atoms with van der Waals surface area (Å²) < 4.78 is 5.93. The Morgan fingerprint density at radius 1 is 1.14 bits per heavy atom. The highest BCUT2D eigenvalue weighted by Crippen LogP contribution is 2.32. The van der Waals surface area contributed by atoms with E-state index in [2.05, 4.69) is 45.1 Å². The number of nitrogens with one attached hydrogen (secondary N) is 1. The van der Waals surface area contributed by atoms with Gasteiger partial charge in [0.25, 0.3) is 0 Å². The van der Waals surface area contributed by atoms with Crippen LogP contribution >= 0.6 is 0 Å². The molecule has 1 aromatic rings. The van der Waals surface area contributed by atoms with Gasteiger partial charge < -0.3 is 15.2 Å². The predicted octanol–water partition coefficient (Wildman–Crippen LogP) is 3.29. The molecule has 0 spiro atoms. The number of rotatable bonds is 7. The first-order valence-electron chi connectivity index (χ1n) is 7.89. The smallest absolute Gasteiger partial charge is 0.123 e. The van der Waals surface area contributed by atoms with Gasteiger partial charge >= 0.3 is 0 Å². The molecule has 0 radical (unpaired) electrons. The first kappa shape index (κ1) is 18.0. The zero-order chi connectivity index (χ0) is 16.1. The van der Waals surface area contributed by atoms with Gasteiger partial charge in [0.2, 0.25) is 0 Å². The minimum Gasteiger partial charge on any atom is -0.490 e. The van der Waals surface area contributed by atoms with Crippen LogP contribution in [0, 0.1) is 0 Å². The molecule has 0 aliphatic rings. The van der Waals surface area contributed by atoms with Crippen molar-refractivity contribution in [3.8, 4) is 5.75 Å². The Bertz CT molecular complexity index is 447. The van der Waals surface area contributed by atoms with Crippen LogP contribution in [0.2, 0.25) is 0 Å². The van der Waals surface area contributed by atoms with Crippen LogP contribution in [0.1, 0.15) is 52.7 Å². The van der Waals surface area contributed by atoms with Crippen LogP contribution in [0.5, 0.6) is 5.75 Å². The number of aryl methyl sites for hydroxylation is 1. The third-order valence-electron chi connectivity index (χ3n) is 3.55. The molecule has 1 aromatic carbocycles. The van der Waals surface area contributed by atoms with Gasteiger partial charge in [0, 0.05) is 6.54 Å². The normalized spacial score (nSPS) is 14.8. The average Bonchev–Trinajstić information content (AvgIpc) is 2.42. The van der Waals surface area contributed by atoms with E-state index in [0.29, 0.717) is 6.54 Å². The molecular formula is C18H31NO2. The standard InChI is InChI=1S/C18H31NO2/c1-7-14-9-10-16(15(11-14)17(3,4)5)21-13-18(6,20)12-19-8-2/h9-11,19-20H,7-8,12-13H2,1-6H3. The van der Waals surface area contributed by atoms with E-state index in [9.17, 15) is 5.11 Å². The zero-order valence-corrected chi connectivity index (χ0v) is 14.4. The second kappa shape index (κ2) is 7.28. The molecule has 120 valence electrons. The second-order valence-electron chi connectivity index (χ2n) is 7.00. The molecule has 0 fully saturated rings. The molecule has 0 bridgehead atoms. The first-order chi connectivity index (χ1) is 9.69. The lowest BCUT2D eigenvalue weighted by molar-refractivity contribution is 0.0122. The van der Waals surface area contributed by atoms with Crippen LogP contribution in [0.3, 0.4) is 0 Å². The van der Waals surface area contributed by atoms with Gasteiger partial charge in [-0.15, -0.1) is 0 Å². The Labute approximate surface area is 129 Å². The largest absolute Gasteiger partial charge is 0.490 e. The summed E-state index contributed by atoms with van der Waals surface area (Å²) in [6.07, 6.45) is 1.02. The minimum atomic E-state index is -0.866. The second-order valence-corrected chi connectivity index (χ2v) is 7.00. The molecule has 1 rings (SSSR count). The number of benzene rings is 1. The maximum Gasteiger partial charge on any atom is 0.123 e. The molecule has 0 amide bonds. The fraction of sp³-hybridized carbons (Fsp3) is 0.667. The number of ether oxygens (including phenoxy) is 1. The molecule has 3 nitrogen and oxygen atoms in total. The van der Waals surface area contributed by atoms with Gasteiger partial charge in [-0.05, 0) is 42.5 Å². The van der Waals surface area contributed by atoms with Gasteiger partial charge in [0.15, 0.2) is 0 Å². The topological polar surface area (TPSA) is 41.5 Å². The molecular weight excluding hydrogens is 262 g/mol. The quantitative estimate of drug-likeness (QED) is 0.810. The van der Waals surface area contributed by atoms with Crippen molar-refractivity contribution in [3.63, 3.8) is 0 Å². The van der Waals surface area contributed by atoms with E-state index < -0.39 is 5.60 Å². The van der Waals surface area contributed by atoms with Crippen molar-refractivity contribution >= 4 is 0 Å². The molecule has 1 unspecified atom stereocenters. The van der Waals surface area contributed by atoms with E-state index in [1.807, 2.05) is 13.0 Å². The van der Waals surface area contributed by atoms with Crippen molar-refractivity contribution in [3.05, 3.63) is 29.3 Å². The Hall–Kier alpha value is -1.06. The average molecular weight is 293 g/mol. The molecule has 0 saturated heterocycles. The lowest BCUT2D eigenvalue weighted by atomic mass is 9.85. The predicted molar refractivity (Wildman–Crippen MR) is 89.2 cm³/mol. The summed E-state index contributed by atoms with van der Waals surface area (Å²) in [6, 6.07) is 6.35.